The lowest BCUT2D eigenvalue weighted by Gasteiger charge is -2.35. The van der Waals surface area contributed by atoms with Gasteiger partial charge in [0.15, 0.2) is 5.65 Å². The summed E-state index contributed by atoms with van der Waals surface area (Å²) in [5.41, 5.74) is 1.70. The van der Waals surface area contributed by atoms with Crippen LogP contribution in [0.15, 0.2) is 36.2 Å². The summed E-state index contributed by atoms with van der Waals surface area (Å²) in [5.74, 6) is 1.58. The standard InChI is InChI=1S/C22H23N9O2/c32-18-12-14(20(33)26-18)11-15-13-24-31-19(15)27-21(28-22(31)25-16-4-5-16)30-9-7-29(8-10-30)17-3-1-2-6-23-17/h1-3,6,11,13,16H,4-5,7-10,12H2,(H,25,27,28)(H,26,32,33)/b14-11+. The van der Waals surface area contributed by atoms with Gasteiger partial charge in [-0.3, -0.25) is 14.9 Å². The minimum absolute atomic E-state index is 0.0662. The van der Waals surface area contributed by atoms with Gasteiger partial charge >= 0.3 is 0 Å². The fourth-order valence-corrected chi connectivity index (χ4v) is 4.12. The number of hydrogen-bond donors (Lipinski definition) is 2. The Morgan fingerprint density at radius 3 is 2.58 bits per heavy atom. The molecule has 2 N–H and O–H groups in total. The maximum Gasteiger partial charge on any atom is 0.254 e. The molecule has 3 fully saturated rings. The number of carbonyl (C=O) groups excluding carboxylic acids is 2. The molecule has 0 aromatic carbocycles. The van der Waals surface area contributed by atoms with Crippen molar-refractivity contribution in [2.45, 2.75) is 25.3 Å². The Morgan fingerprint density at radius 2 is 1.88 bits per heavy atom. The number of pyridine rings is 1. The summed E-state index contributed by atoms with van der Waals surface area (Å²) in [5, 5.41) is 10.2. The molecule has 168 valence electrons. The Hall–Kier alpha value is -4.02. The monoisotopic (exact) mass is 445 g/mol. The van der Waals surface area contributed by atoms with Crippen LogP contribution in [0.4, 0.5) is 17.7 Å². The summed E-state index contributed by atoms with van der Waals surface area (Å²) in [6.45, 7) is 3.15. The van der Waals surface area contributed by atoms with E-state index in [2.05, 4.69) is 30.5 Å². The second-order valence-electron chi connectivity index (χ2n) is 8.49. The average Bonchev–Trinajstić information content (AvgIpc) is 3.47. The van der Waals surface area contributed by atoms with E-state index in [-0.39, 0.29) is 18.2 Å². The van der Waals surface area contributed by atoms with Crippen LogP contribution in [0, 0.1) is 0 Å². The number of nitrogens with zero attached hydrogens (tertiary/aromatic N) is 7. The second kappa shape index (κ2) is 7.84. The summed E-state index contributed by atoms with van der Waals surface area (Å²) >= 11 is 0. The third-order valence-electron chi connectivity index (χ3n) is 6.06. The van der Waals surface area contributed by atoms with Gasteiger partial charge in [0.05, 0.1) is 12.6 Å². The van der Waals surface area contributed by atoms with Crippen molar-refractivity contribution in [3.8, 4) is 0 Å². The fraction of sp³-hybridized carbons (Fsp3) is 0.364. The highest BCUT2D eigenvalue weighted by molar-refractivity contribution is 6.15. The van der Waals surface area contributed by atoms with Gasteiger partial charge in [-0.05, 0) is 31.1 Å². The number of hydrogen-bond acceptors (Lipinski definition) is 9. The first kappa shape index (κ1) is 19.6. The molecule has 3 aromatic rings. The first-order chi connectivity index (χ1) is 16.1. The molecule has 3 aliphatic rings. The molecule has 0 unspecified atom stereocenters. The van der Waals surface area contributed by atoms with E-state index in [9.17, 15) is 9.59 Å². The number of aromatic nitrogens is 5. The zero-order chi connectivity index (χ0) is 22.4. The lowest BCUT2D eigenvalue weighted by Crippen LogP contribution is -2.47. The highest BCUT2D eigenvalue weighted by Gasteiger charge is 2.27. The molecule has 11 heteroatoms. The first-order valence-electron chi connectivity index (χ1n) is 11.1. The van der Waals surface area contributed by atoms with Crippen LogP contribution in [0.5, 0.6) is 0 Å². The zero-order valence-electron chi connectivity index (χ0n) is 17.9. The molecule has 1 saturated carbocycles. The van der Waals surface area contributed by atoms with E-state index < -0.39 is 0 Å². The quantitative estimate of drug-likeness (QED) is 0.435. The number of imide groups is 1. The lowest BCUT2D eigenvalue weighted by molar-refractivity contribution is -0.124. The molecular formula is C22H23N9O2. The Bertz CT molecular complexity index is 1260. The van der Waals surface area contributed by atoms with Gasteiger partial charge in [-0.1, -0.05) is 6.07 Å². The number of carbonyl (C=O) groups is 2. The molecule has 2 amide bonds. The Morgan fingerprint density at radius 1 is 1.06 bits per heavy atom. The molecule has 1 aliphatic carbocycles. The van der Waals surface area contributed by atoms with Crippen molar-refractivity contribution in [3.63, 3.8) is 0 Å². The van der Waals surface area contributed by atoms with Crippen LogP contribution >= 0.6 is 0 Å². The number of anilines is 3. The zero-order valence-corrected chi connectivity index (χ0v) is 17.9. The van der Waals surface area contributed by atoms with Crippen molar-refractivity contribution in [2.75, 3.05) is 41.3 Å². The molecule has 2 saturated heterocycles. The molecule has 3 aromatic heterocycles. The van der Waals surface area contributed by atoms with E-state index in [4.69, 9.17) is 9.97 Å². The third-order valence-corrected chi connectivity index (χ3v) is 6.06. The van der Waals surface area contributed by atoms with E-state index in [1.807, 2.05) is 24.4 Å². The number of rotatable bonds is 5. The van der Waals surface area contributed by atoms with E-state index in [1.54, 1.807) is 16.8 Å². The summed E-state index contributed by atoms with van der Waals surface area (Å²) in [7, 11) is 0. The van der Waals surface area contributed by atoms with Crippen molar-refractivity contribution < 1.29 is 9.59 Å². The van der Waals surface area contributed by atoms with Gasteiger partial charge in [0.2, 0.25) is 17.8 Å². The minimum Gasteiger partial charge on any atom is -0.353 e. The first-order valence-corrected chi connectivity index (χ1v) is 11.1. The molecule has 11 nitrogen and oxygen atoms in total. The molecule has 0 radical (unpaired) electrons. The lowest BCUT2D eigenvalue weighted by atomic mass is 10.1. The fourth-order valence-electron chi connectivity index (χ4n) is 4.12. The summed E-state index contributed by atoms with van der Waals surface area (Å²) in [6.07, 6.45) is 7.43. The molecule has 2 aliphatic heterocycles. The van der Waals surface area contributed by atoms with E-state index in [0.717, 1.165) is 44.8 Å². The highest BCUT2D eigenvalue weighted by atomic mass is 16.2. The predicted octanol–water partition coefficient (Wildman–Crippen LogP) is 0.850. The SMILES string of the molecule is O=C1C/C(=C\c2cnn3c(NC4CC4)nc(N4CCN(c5ccccn5)CC4)nc23)C(=O)N1. The number of amides is 2. The summed E-state index contributed by atoms with van der Waals surface area (Å²) in [4.78, 5) is 42.1. The van der Waals surface area contributed by atoms with Crippen molar-refractivity contribution >= 4 is 41.3 Å². The second-order valence-corrected chi connectivity index (χ2v) is 8.49. The van der Waals surface area contributed by atoms with Crippen molar-refractivity contribution in [1.29, 1.82) is 0 Å². The largest absolute Gasteiger partial charge is 0.353 e. The highest BCUT2D eigenvalue weighted by Crippen LogP contribution is 2.27. The van der Waals surface area contributed by atoms with Gasteiger partial charge in [-0.15, -0.1) is 0 Å². The minimum atomic E-state index is -0.365. The van der Waals surface area contributed by atoms with E-state index in [0.29, 0.717) is 34.7 Å². The van der Waals surface area contributed by atoms with Crippen LogP contribution in [0.1, 0.15) is 24.8 Å². The molecule has 5 heterocycles. The van der Waals surface area contributed by atoms with Crippen molar-refractivity contribution in [3.05, 3.63) is 41.7 Å². The van der Waals surface area contributed by atoms with Crippen LogP contribution in [0.3, 0.4) is 0 Å². The van der Waals surface area contributed by atoms with Gasteiger partial charge in [0.1, 0.15) is 5.82 Å². The van der Waals surface area contributed by atoms with Crippen LogP contribution < -0.4 is 20.4 Å². The van der Waals surface area contributed by atoms with E-state index in [1.165, 1.54) is 0 Å². The number of nitrogens with one attached hydrogen (secondary N) is 2. The summed E-state index contributed by atoms with van der Waals surface area (Å²) in [6, 6.07) is 6.32. The van der Waals surface area contributed by atoms with Crippen LogP contribution in [-0.4, -0.2) is 68.6 Å². The molecule has 6 rings (SSSR count). The average molecular weight is 445 g/mol. The van der Waals surface area contributed by atoms with Crippen molar-refractivity contribution in [1.82, 2.24) is 29.9 Å². The van der Waals surface area contributed by atoms with Gasteiger partial charge < -0.3 is 15.1 Å². The smallest absolute Gasteiger partial charge is 0.254 e. The maximum atomic E-state index is 12.0. The van der Waals surface area contributed by atoms with Crippen molar-refractivity contribution in [2.24, 2.45) is 0 Å². The van der Waals surface area contributed by atoms with Crippen LogP contribution in [0.25, 0.3) is 11.7 Å². The van der Waals surface area contributed by atoms with Crippen LogP contribution in [0.2, 0.25) is 0 Å². The van der Waals surface area contributed by atoms with E-state index >= 15 is 0 Å². The maximum absolute atomic E-state index is 12.0. The topological polar surface area (TPSA) is 121 Å². The Balaban J connectivity index is 1.32. The van der Waals surface area contributed by atoms with Gasteiger partial charge in [-0.2, -0.15) is 19.6 Å². The molecule has 33 heavy (non-hydrogen) atoms. The molecule has 0 bridgehead atoms. The van der Waals surface area contributed by atoms with Crippen LogP contribution in [-0.2, 0) is 9.59 Å². The predicted molar refractivity (Wildman–Crippen MR) is 122 cm³/mol. The Kier molecular flexibility index (Phi) is 4.67. The number of fused-ring (bicyclic) bond motifs is 1. The van der Waals surface area contributed by atoms with Gasteiger partial charge in [0, 0.05) is 49.6 Å². The summed E-state index contributed by atoms with van der Waals surface area (Å²) < 4.78 is 1.67. The number of piperazine rings is 1. The Labute approximate surface area is 189 Å². The molecular weight excluding hydrogens is 422 g/mol. The molecule has 0 spiro atoms. The third kappa shape index (κ3) is 3.86. The van der Waals surface area contributed by atoms with Gasteiger partial charge in [0.25, 0.3) is 5.91 Å². The molecule has 0 atom stereocenters. The normalized spacial score (nSPS) is 20.1. The van der Waals surface area contributed by atoms with Gasteiger partial charge in [-0.25, -0.2) is 4.98 Å².